The summed E-state index contributed by atoms with van der Waals surface area (Å²) in [5, 5.41) is 3.78. The Balaban J connectivity index is 1.71. The Morgan fingerprint density at radius 3 is 1.75 bits per heavy atom. The third-order valence-electron chi connectivity index (χ3n) is 8.66. The Bertz CT molecular complexity index is 1480. The van der Waals surface area contributed by atoms with Gasteiger partial charge in [-0.1, -0.05) is 138 Å². The summed E-state index contributed by atoms with van der Waals surface area (Å²) in [6, 6.07) is 23.7. The predicted octanol–water partition coefficient (Wildman–Crippen LogP) is 9.85. The van der Waals surface area contributed by atoms with Gasteiger partial charge in [0.1, 0.15) is 0 Å². The molecule has 3 aromatic rings. The SMILES string of the molecule is CC(C)c1cc(C(C)C)c(S(=O)(=O)N[C@@H](c2ccccc2)[C@H](NCCCCC2=CCC=CC2)c2ccccc2)c(C(C)C)c1. The van der Waals surface area contributed by atoms with Crippen molar-refractivity contribution in [3.05, 3.63) is 124 Å². The highest BCUT2D eigenvalue weighted by Crippen LogP contribution is 2.37. The molecule has 0 amide bonds. The molecular formula is C39H52N2O2S. The maximum absolute atomic E-state index is 14.7. The summed E-state index contributed by atoms with van der Waals surface area (Å²) in [6.07, 6.45) is 12.2. The molecule has 0 spiro atoms. The van der Waals surface area contributed by atoms with Crippen molar-refractivity contribution in [3.8, 4) is 0 Å². The maximum Gasteiger partial charge on any atom is 0.241 e. The quantitative estimate of drug-likeness (QED) is 0.133. The molecule has 236 valence electrons. The van der Waals surface area contributed by atoms with E-state index < -0.39 is 16.1 Å². The van der Waals surface area contributed by atoms with Crippen LogP contribution in [0.4, 0.5) is 0 Å². The lowest BCUT2D eigenvalue weighted by atomic mass is 9.89. The third kappa shape index (κ3) is 8.80. The molecule has 44 heavy (non-hydrogen) atoms. The van der Waals surface area contributed by atoms with Crippen molar-refractivity contribution in [2.24, 2.45) is 0 Å². The molecule has 2 atom stereocenters. The fraction of sp³-hybridized carbons (Fsp3) is 0.436. The van der Waals surface area contributed by atoms with Crippen LogP contribution in [0.1, 0.15) is 131 Å². The average Bonchev–Trinajstić information content (AvgIpc) is 3.02. The normalized spacial score (nSPS) is 15.2. The summed E-state index contributed by atoms with van der Waals surface area (Å²) < 4.78 is 32.6. The first kappa shape index (κ1) is 33.9. The lowest BCUT2D eigenvalue weighted by Gasteiger charge is -2.31. The molecule has 0 fully saturated rings. The summed E-state index contributed by atoms with van der Waals surface area (Å²) in [5.41, 5.74) is 6.47. The van der Waals surface area contributed by atoms with Crippen molar-refractivity contribution in [3.63, 3.8) is 0 Å². The number of rotatable bonds is 15. The Morgan fingerprint density at radius 1 is 0.682 bits per heavy atom. The smallest absolute Gasteiger partial charge is 0.241 e. The number of hydrogen-bond acceptors (Lipinski definition) is 3. The van der Waals surface area contributed by atoms with Crippen LogP contribution in [0.25, 0.3) is 0 Å². The van der Waals surface area contributed by atoms with Crippen LogP contribution in [-0.2, 0) is 10.0 Å². The van der Waals surface area contributed by atoms with E-state index in [9.17, 15) is 8.42 Å². The van der Waals surface area contributed by atoms with Gasteiger partial charge >= 0.3 is 0 Å². The van der Waals surface area contributed by atoms with Crippen LogP contribution in [0.3, 0.4) is 0 Å². The molecule has 0 saturated heterocycles. The van der Waals surface area contributed by atoms with Crippen LogP contribution in [0.5, 0.6) is 0 Å². The minimum atomic E-state index is -3.91. The monoisotopic (exact) mass is 612 g/mol. The fourth-order valence-corrected chi connectivity index (χ4v) is 8.03. The molecule has 4 nitrogen and oxygen atoms in total. The van der Waals surface area contributed by atoms with Crippen LogP contribution in [0, 0.1) is 0 Å². The highest BCUT2D eigenvalue weighted by Gasteiger charge is 2.33. The van der Waals surface area contributed by atoms with E-state index in [-0.39, 0.29) is 17.9 Å². The summed E-state index contributed by atoms with van der Waals surface area (Å²) >= 11 is 0. The van der Waals surface area contributed by atoms with E-state index in [2.05, 4.69) is 94.1 Å². The van der Waals surface area contributed by atoms with Crippen molar-refractivity contribution in [2.45, 2.75) is 108 Å². The Kier molecular flexibility index (Phi) is 12.2. The number of allylic oxidation sites excluding steroid dienone is 4. The van der Waals surface area contributed by atoms with Gasteiger partial charge in [0.25, 0.3) is 0 Å². The second-order valence-electron chi connectivity index (χ2n) is 13.1. The molecule has 0 aromatic heterocycles. The van der Waals surface area contributed by atoms with Gasteiger partial charge in [0.05, 0.1) is 17.0 Å². The molecule has 5 heteroatoms. The van der Waals surface area contributed by atoms with Crippen LogP contribution in [0.15, 0.2) is 101 Å². The first-order chi connectivity index (χ1) is 21.1. The number of hydrogen-bond donors (Lipinski definition) is 2. The minimum absolute atomic E-state index is 0.0609. The van der Waals surface area contributed by atoms with Crippen molar-refractivity contribution in [1.82, 2.24) is 10.0 Å². The zero-order valence-corrected chi connectivity index (χ0v) is 28.3. The highest BCUT2D eigenvalue weighted by atomic mass is 32.2. The first-order valence-corrected chi connectivity index (χ1v) is 17.9. The summed E-state index contributed by atoms with van der Waals surface area (Å²) in [4.78, 5) is 0.439. The van der Waals surface area contributed by atoms with Gasteiger partial charge in [-0.2, -0.15) is 0 Å². The van der Waals surface area contributed by atoms with Gasteiger partial charge in [-0.3, -0.25) is 0 Å². The molecule has 3 aromatic carbocycles. The van der Waals surface area contributed by atoms with Crippen molar-refractivity contribution < 1.29 is 8.42 Å². The topological polar surface area (TPSA) is 58.2 Å². The molecule has 1 aliphatic rings. The van der Waals surface area contributed by atoms with E-state index in [1.165, 1.54) is 11.1 Å². The second-order valence-corrected chi connectivity index (χ2v) is 14.7. The van der Waals surface area contributed by atoms with E-state index in [1.807, 2.05) is 48.5 Å². The molecule has 0 aliphatic heterocycles. The molecule has 0 saturated carbocycles. The lowest BCUT2D eigenvalue weighted by molar-refractivity contribution is 0.417. The lowest BCUT2D eigenvalue weighted by Crippen LogP contribution is -2.39. The van der Waals surface area contributed by atoms with Crippen molar-refractivity contribution >= 4 is 10.0 Å². The minimum Gasteiger partial charge on any atom is -0.308 e. The largest absolute Gasteiger partial charge is 0.308 e. The average molecular weight is 613 g/mol. The van der Waals surface area contributed by atoms with Crippen LogP contribution >= 0.6 is 0 Å². The van der Waals surface area contributed by atoms with Gasteiger partial charge in [-0.25, -0.2) is 13.1 Å². The number of nitrogens with one attached hydrogen (secondary N) is 2. The van der Waals surface area contributed by atoms with Crippen molar-refractivity contribution in [1.29, 1.82) is 0 Å². The second kappa shape index (κ2) is 15.8. The van der Waals surface area contributed by atoms with Crippen LogP contribution in [-0.4, -0.2) is 15.0 Å². The van der Waals surface area contributed by atoms with E-state index in [4.69, 9.17) is 0 Å². The third-order valence-corrected chi connectivity index (χ3v) is 10.2. The van der Waals surface area contributed by atoms with Crippen LogP contribution in [0.2, 0.25) is 0 Å². The molecular weight excluding hydrogens is 561 g/mol. The zero-order valence-electron chi connectivity index (χ0n) is 27.5. The molecule has 0 unspecified atom stereocenters. The van der Waals surface area contributed by atoms with Gasteiger partial charge in [0.15, 0.2) is 0 Å². The number of sulfonamides is 1. The van der Waals surface area contributed by atoms with Gasteiger partial charge < -0.3 is 5.32 Å². The Labute approximate surface area is 267 Å². The number of benzene rings is 3. The first-order valence-electron chi connectivity index (χ1n) is 16.4. The van der Waals surface area contributed by atoms with E-state index >= 15 is 0 Å². The molecule has 2 N–H and O–H groups in total. The zero-order chi connectivity index (χ0) is 31.7. The van der Waals surface area contributed by atoms with Crippen LogP contribution < -0.4 is 10.0 Å². The molecule has 0 bridgehead atoms. The number of unbranched alkanes of at least 4 members (excludes halogenated alkanes) is 1. The predicted molar refractivity (Wildman–Crippen MR) is 186 cm³/mol. The summed E-state index contributed by atoms with van der Waals surface area (Å²) in [6.45, 7) is 13.5. The maximum atomic E-state index is 14.7. The van der Waals surface area contributed by atoms with E-state index in [1.54, 1.807) is 0 Å². The Morgan fingerprint density at radius 2 is 1.25 bits per heavy atom. The summed E-state index contributed by atoms with van der Waals surface area (Å²) in [7, 11) is -3.91. The molecule has 4 rings (SSSR count). The standard InChI is InChI=1S/C39H52N2O2S/c1-28(2)34-26-35(29(3)4)39(36(27-34)30(5)6)44(42,43)41-38(33-23-14-9-15-24-33)37(32-21-12-8-13-22-32)40-25-17-16-20-31-18-10-7-11-19-31/h7-10,12-15,19,21-24,26-30,37-38,40-41H,11,16-18,20,25H2,1-6H3/t37-,38+/m1/s1. The van der Waals surface area contributed by atoms with Crippen molar-refractivity contribution in [2.75, 3.05) is 6.54 Å². The molecule has 0 heterocycles. The Hall–Kier alpha value is -2.99. The van der Waals surface area contributed by atoms with Gasteiger partial charge in [-0.15, -0.1) is 0 Å². The highest BCUT2D eigenvalue weighted by molar-refractivity contribution is 7.89. The van der Waals surface area contributed by atoms with Gasteiger partial charge in [0, 0.05) is 0 Å². The summed E-state index contributed by atoms with van der Waals surface area (Å²) in [5.74, 6) is 0.431. The fourth-order valence-electron chi connectivity index (χ4n) is 6.09. The molecule has 1 aliphatic carbocycles. The van der Waals surface area contributed by atoms with E-state index in [0.29, 0.717) is 10.8 Å². The van der Waals surface area contributed by atoms with E-state index in [0.717, 1.165) is 60.9 Å². The van der Waals surface area contributed by atoms with Gasteiger partial charge in [-0.05, 0) is 84.2 Å². The van der Waals surface area contributed by atoms with Gasteiger partial charge in [0.2, 0.25) is 10.0 Å². The molecule has 0 radical (unpaired) electrons.